The molecule has 0 fully saturated rings. The lowest BCUT2D eigenvalue weighted by Crippen LogP contribution is -2.11. The quantitative estimate of drug-likeness (QED) is 0.929. The number of carbonyl (C=O) groups excluding carboxylic acids is 1. The maximum absolute atomic E-state index is 11.9. The normalized spacial score (nSPS) is 11.3. The lowest BCUT2D eigenvalue weighted by atomic mass is 10.3. The van der Waals surface area contributed by atoms with Crippen molar-refractivity contribution >= 4 is 37.4 Å². The summed E-state index contributed by atoms with van der Waals surface area (Å²) in [5.74, 6) is -0.340. The zero-order valence-electron chi connectivity index (χ0n) is 9.88. The summed E-state index contributed by atoms with van der Waals surface area (Å²) < 4.78 is 27.9. The Kier molecular flexibility index (Phi) is 3.77. The fourth-order valence-corrected chi connectivity index (χ4v) is 2.49. The highest BCUT2D eigenvalue weighted by atomic mass is 79.9. The number of hydrogen-bond acceptors (Lipinski definition) is 4. The van der Waals surface area contributed by atoms with Crippen molar-refractivity contribution in [2.24, 2.45) is 0 Å². The monoisotopic (exact) mass is 343 g/mol. The standard InChI is InChI=1S/C12H10BrNO4S/c1-19(16,17)9-4-2-8(3-5-9)14-12(15)10-6-7-18-11(10)13/h2-7H,1H3,(H,14,15). The van der Waals surface area contributed by atoms with E-state index in [0.717, 1.165) is 6.26 Å². The first kappa shape index (κ1) is 13.8. The van der Waals surface area contributed by atoms with Crippen LogP contribution in [0, 0.1) is 0 Å². The number of rotatable bonds is 3. The molecule has 0 saturated carbocycles. The van der Waals surface area contributed by atoms with Crippen LogP contribution in [0.25, 0.3) is 0 Å². The van der Waals surface area contributed by atoms with Gasteiger partial charge in [-0.05, 0) is 46.3 Å². The minimum absolute atomic E-state index is 0.204. The fourth-order valence-electron chi connectivity index (χ4n) is 1.44. The fraction of sp³-hybridized carbons (Fsp3) is 0.0833. The molecule has 19 heavy (non-hydrogen) atoms. The Morgan fingerprint density at radius 3 is 2.32 bits per heavy atom. The summed E-state index contributed by atoms with van der Waals surface area (Å²) in [6, 6.07) is 7.47. The number of benzene rings is 1. The molecule has 0 bridgehead atoms. The van der Waals surface area contributed by atoms with Crippen LogP contribution in [0.5, 0.6) is 0 Å². The second-order valence-corrected chi connectivity index (χ2v) is 6.59. The Hall–Kier alpha value is -1.60. The summed E-state index contributed by atoms with van der Waals surface area (Å²) in [6.45, 7) is 0. The molecule has 2 rings (SSSR count). The van der Waals surface area contributed by atoms with Crippen LogP contribution in [0.4, 0.5) is 5.69 Å². The lowest BCUT2D eigenvalue weighted by Gasteiger charge is -2.05. The van der Waals surface area contributed by atoms with Crippen LogP contribution < -0.4 is 5.32 Å². The van der Waals surface area contributed by atoms with Crippen molar-refractivity contribution in [3.05, 3.63) is 46.8 Å². The first-order chi connectivity index (χ1) is 8.88. The van der Waals surface area contributed by atoms with Crippen LogP contribution >= 0.6 is 15.9 Å². The topological polar surface area (TPSA) is 76.4 Å². The molecule has 0 aliphatic carbocycles. The van der Waals surface area contributed by atoms with Gasteiger partial charge in [0.1, 0.15) is 0 Å². The molecule has 100 valence electrons. The molecular weight excluding hydrogens is 334 g/mol. The van der Waals surface area contributed by atoms with Gasteiger partial charge in [0.25, 0.3) is 5.91 Å². The number of nitrogens with one attached hydrogen (secondary N) is 1. The first-order valence-corrected chi connectivity index (χ1v) is 7.91. The van der Waals surface area contributed by atoms with Crippen molar-refractivity contribution in [2.45, 2.75) is 4.90 Å². The summed E-state index contributed by atoms with van der Waals surface area (Å²) in [5.41, 5.74) is 0.873. The van der Waals surface area contributed by atoms with Crippen molar-refractivity contribution in [2.75, 3.05) is 11.6 Å². The molecule has 2 aromatic rings. The summed E-state index contributed by atoms with van der Waals surface area (Å²) >= 11 is 3.11. The lowest BCUT2D eigenvalue weighted by molar-refractivity contribution is 0.102. The number of halogens is 1. The van der Waals surface area contributed by atoms with Crippen molar-refractivity contribution in [3.63, 3.8) is 0 Å². The van der Waals surface area contributed by atoms with E-state index in [2.05, 4.69) is 21.2 Å². The number of anilines is 1. The third kappa shape index (κ3) is 3.24. The zero-order valence-corrected chi connectivity index (χ0v) is 12.3. The van der Waals surface area contributed by atoms with E-state index in [4.69, 9.17) is 4.42 Å². The van der Waals surface area contributed by atoms with E-state index in [0.29, 0.717) is 15.9 Å². The van der Waals surface area contributed by atoms with Gasteiger partial charge in [-0.1, -0.05) is 0 Å². The molecule has 5 nitrogen and oxygen atoms in total. The molecule has 1 aromatic carbocycles. The van der Waals surface area contributed by atoms with Gasteiger partial charge >= 0.3 is 0 Å². The third-order valence-electron chi connectivity index (χ3n) is 2.40. The number of carbonyl (C=O) groups is 1. The number of furan rings is 1. The number of hydrogen-bond donors (Lipinski definition) is 1. The van der Waals surface area contributed by atoms with Crippen LogP contribution in [-0.2, 0) is 9.84 Å². The number of sulfone groups is 1. The predicted octanol–water partition coefficient (Wildman–Crippen LogP) is 2.70. The van der Waals surface area contributed by atoms with Crippen molar-refractivity contribution in [3.8, 4) is 0 Å². The van der Waals surface area contributed by atoms with Gasteiger partial charge in [0.2, 0.25) is 0 Å². The van der Waals surface area contributed by atoms with Gasteiger partial charge in [0.15, 0.2) is 14.5 Å². The second-order valence-electron chi connectivity index (χ2n) is 3.86. The maximum Gasteiger partial charge on any atom is 0.260 e. The average molecular weight is 344 g/mol. The Morgan fingerprint density at radius 2 is 1.84 bits per heavy atom. The summed E-state index contributed by atoms with van der Waals surface area (Å²) in [7, 11) is -3.23. The van der Waals surface area contributed by atoms with Gasteiger partial charge in [-0.3, -0.25) is 4.79 Å². The molecule has 0 aliphatic heterocycles. The number of amides is 1. The molecule has 1 heterocycles. The van der Waals surface area contributed by atoms with Crippen LogP contribution in [0.15, 0.2) is 50.6 Å². The van der Waals surface area contributed by atoms with Gasteiger partial charge < -0.3 is 9.73 Å². The van der Waals surface area contributed by atoms with Crippen LogP contribution in [0.2, 0.25) is 0 Å². The molecule has 1 N–H and O–H groups in total. The second kappa shape index (κ2) is 5.18. The van der Waals surface area contributed by atoms with E-state index in [1.807, 2.05) is 0 Å². The Balaban J connectivity index is 2.17. The van der Waals surface area contributed by atoms with E-state index in [9.17, 15) is 13.2 Å². The zero-order chi connectivity index (χ0) is 14.0. The van der Waals surface area contributed by atoms with E-state index >= 15 is 0 Å². The van der Waals surface area contributed by atoms with E-state index in [1.54, 1.807) is 0 Å². The highest BCUT2D eigenvalue weighted by Crippen LogP contribution is 2.20. The molecule has 0 spiro atoms. The minimum Gasteiger partial charge on any atom is -0.457 e. The van der Waals surface area contributed by atoms with E-state index in [1.165, 1.54) is 36.6 Å². The Bertz CT molecular complexity index is 704. The summed E-state index contributed by atoms with van der Waals surface area (Å²) in [6.07, 6.45) is 2.52. The summed E-state index contributed by atoms with van der Waals surface area (Å²) in [5, 5.41) is 2.64. The first-order valence-electron chi connectivity index (χ1n) is 5.22. The molecule has 0 unspecified atom stereocenters. The van der Waals surface area contributed by atoms with Crippen molar-refractivity contribution in [1.29, 1.82) is 0 Å². The van der Waals surface area contributed by atoms with Gasteiger partial charge in [-0.25, -0.2) is 8.42 Å². The van der Waals surface area contributed by atoms with Crippen molar-refractivity contribution < 1.29 is 17.6 Å². The van der Waals surface area contributed by atoms with Gasteiger partial charge in [0.05, 0.1) is 16.7 Å². The molecule has 0 saturated heterocycles. The summed E-state index contributed by atoms with van der Waals surface area (Å²) in [4.78, 5) is 12.1. The molecule has 1 aromatic heterocycles. The van der Waals surface area contributed by atoms with Crippen LogP contribution in [0.1, 0.15) is 10.4 Å². The van der Waals surface area contributed by atoms with Gasteiger partial charge in [-0.15, -0.1) is 0 Å². The van der Waals surface area contributed by atoms with Gasteiger partial charge in [0, 0.05) is 11.9 Å². The SMILES string of the molecule is CS(=O)(=O)c1ccc(NC(=O)c2ccoc2Br)cc1. The Morgan fingerprint density at radius 1 is 1.21 bits per heavy atom. The van der Waals surface area contributed by atoms with Crippen LogP contribution in [0.3, 0.4) is 0 Å². The average Bonchev–Trinajstić information content (AvgIpc) is 2.75. The van der Waals surface area contributed by atoms with E-state index < -0.39 is 9.84 Å². The minimum atomic E-state index is -3.23. The molecule has 0 atom stereocenters. The Labute approximate surface area is 118 Å². The highest BCUT2D eigenvalue weighted by Gasteiger charge is 2.13. The smallest absolute Gasteiger partial charge is 0.260 e. The maximum atomic E-state index is 11.9. The molecule has 0 radical (unpaired) electrons. The third-order valence-corrected chi connectivity index (χ3v) is 4.15. The molecule has 0 aliphatic rings. The predicted molar refractivity (Wildman–Crippen MR) is 73.9 cm³/mol. The van der Waals surface area contributed by atoms with Crippen molar-refractivity contribution in [1.82, 2.24) is 0 Å². The highest BCUT2D eigenvalue weighted by molar-refractivity contribution is 9.10. The molecule has 1 amide bonds. The molecule has 7 heteroatoms. The van der Waals surface area contributed by atoms with Gasteiger partial charge in [-0.2, -0.15) is 0 Å². The van der Waals surface area contributed by atoms with Crippen LogP contribution in [-0.4, -0.2) is 20.6 Å². The molecular formula is C12H10BrNO4S. The van der Waals surface area contributed by atoms with E-state index in [-0.39, 0.29) is 10.8 Å². The largest absolute Gasteiger partial charge is 0.457 e.